The van der Waals surface area contributed by atoms with Crippen LogP contribution in [0.2, 0.25) is 0 Å². The Kier molecular flexibility index (Phi) is 7.16. The first-order valence-electron chi connectivity index (χ1n) is 13.6. The number of alkyl halides is 1. The molecule has 3 saturated carbocycles. The van der Waals surface area contributed by atoms with E-state index in [-0.39, 0.29) is 36.4 Å². The van der Waals surface area contributed by atoms with E-state index in [2.05, 4.69) is 0 Å². The lowest BCUT2D eigenvalue weighted by molar-refractivity contribution is -0.184. The van der Waals surface area contributed by atoms with Crippen LogP contribution in [0, 0.1) is 28.6 Å². The minimum atomic E-state index is -1.73. The molecular weight excluding hydrogens is 540 g/mol. The van der Waals surface area contributed by atoms with E-state index in [1.165, 1.54) is 25.5 Å². The predicted octanol–water partition coefficient (Wildman–Crippen LogP) is 3.82. The van der Waals surface area contributed by atoms with Crippen molar-refractivity contribution < 1.29 is 42.9 Å². The second kappa shape index (κ2) is 9.96. The van der Waals surface area contributed by atoms with E-state index in [9.17, 15) is 24.3 Å². The second-order valence-corrected chi connectivity index (χ2v) is 12.6. The van der Waals surface area contributed by atoms with Crippen LogP contribution in [-0.2, 0) is 28.6 Å². The Morgan fingerprint density at radius 1 is 1.20 bits per heavy atom. The van der Waals surface area contributed by atoms with E-state index in [4.69, 9.17) is 30.2 Å². The van der Waals surface area contributed by atoms with Gasteiger partial charge >= 0.3 is 11.9 Å². The zero-order valence-corrected chi connectivity index (χ0v) is 23.9. The molecule has 216 valence electrons. The van der Waals surface area contributed by atoms with Gasteiger partial charge in [0.25, 0.3) is 0 Å². The highest BCUT2D eigenvalue weighted by atomic mass is 35.5. The van der Waals surface area contributed by atoms with Crippen LogP contribution in [0.25, 0.3) is 0 Å². The molecule has 1 aromatic rings. The van der Waals surface area contributed by atoms with Gasteiger partial charge in [0.1, 0.15) is 6.61 Å². The number of rotatable bonds is 7. The maximum absolute atomic E-state index is 14.1. The van der Waals surface area contributed by atoms with Gasteiger partial charge in [-0.1, -0.05) is 32.4 Å². The number of ether oxygens (including phenoxy) is 3. The second-order valence-electron chi connectivity index (χ2n) is 12.0. The minimum absolute atomic E-state index is 0.0514. The molecule has 0 spiro atoms. The van der Waals surface area contributed by atoms with E-state index in [1.807, 2.05) is 20.8 Å². The normalized spacial score (nSPS) is 40.0. The van der Waals surface area contributed by atoms with Crippen LogP contribution in [0.5, 0.6) is 0 Å². The summed E-state index contributed by atoms with van der Waals surface area (Å²) in [4.78, 5) is 50.6. The molecule has 0 aromatic carbocycles. The number of methoxy groups -OCH3 is 1. The van der Waals surface area contributed by atoms with Gasteiger partial charge in [0.05, 0.1) is 17.2 Å². The Labute approximate surface area is 237 Å². The summed E-state index contributed by atoms with van der Waals surface area (Å²) >= 11 is 7.52. The van der Waals surface area contributed by atoms with Crippen molar-refractivity contribution in [1.29, 1.82) is 0 Å². The maximum Gasteiger partial charge on any atom is 0.375 e. The quantitative estimate of drug-likeness (QED) is 0.381. The highest BCUT2D eigenvalue weighted by Crippen LogP contribution is 2.72. The van der Waals surface area contributed by atoms with Crippen LogP contribution in [0.4, 0.5) is 0 Å². The number of furan rings is 1. The van der Waals surface area contributed by atoms with Crippen LogP contribution >= 0.6 is 11.6 Å². The zero-order chi connectivity index (χ0) is 29.1. The van der Waals surface area contributed by atoms with Gasteiger partial charge in [0.15, 0.2) is 18.0 Å². The summed E-state index contributed by atoms with van der Waals surface area (Å²) in [6, 6.07) is 2.99. The summed E-state index contributed by atoms with van der Waals surface area (Å²) in [7, 11) is 1.34. The van der Waals surface area contributed by atoms with Crippen molar-refractivity contribution in [3.63, 3.8) is 0 Å². The largest absolute Gasteiger partial charge is 0.457 e. The number of halogens is 1. The lowest BCUT2D eigenvalue weighted by atomic mass is 9.45. The number of esters is 2. The fourth-order valence-electron chi connectivity index (χ4n) is 8.40. The molecule has 5 unspecified atom stereocenters. The molecule has 0 radical (unpaired) electrons. The van der Waals surface area contributed by atoms with Crippen molar-refractivity contribution in [3.05, 3.63) is 48.0 Å². The highest BCUT2D eigenvalue weighted by molar-refractivity contribution is 6.26. The lowest BCUT2D eigenvalue weighted by Crippen LogP contribution is -2.69. The number of aliphatic hydroxyl groups excluding tert-OH is 1. The average Bonchev–Trinajstić information content (AvgIpc) is 3.51. The Hall–Kier alpha value is -2.75. The average molecular weight is 575 g/mol. The number of fused-ring (bicyclic) bond motifs is 5. The summed E-state index contributed by atoms with van der Waals surface area (Å²) in [5.41, 5.74) is -2.67. The van der Waals surface area contributed by atoms with Crippen LogP contribution in [0.1, 0.15) is 57.0 Å². The van der Waals surface area contributed by atoms with Crippen molar-refractivity contribution in [2.75, 3.05) is 20.3 Å². The van der Waals surface area contributed by atoms with Gasteiger partial charge < -0.3 is 23.7 Å². The third-order valence-corrected chi connectivity index (χ3v) is 11.1. The Bertz CT molecular complexity index is 1280. The van der Waals surface area contributed by atoms with Gasteiger partial charge in [-0.25, -0.2) is 9.59 Å². The van der Waals surface area contributed by atoms with Gasteiger partial charge in [-0.05, 0) is 61.8 Å². The van der Waals surface area contributed by atoms with E-state index >= 15 is 0 Å². The predicted molar refractivity (Wildman–Crippen MR) is 142 cm³/mol. The van der Waals surface area contributed by atoms with E-state index in [0.717, 1.165) is 5.57 Å². The molecule has 0 saturated heterocycles. The number of Topliss-reactive ketones (excluding diaryl/α,β-unsaturated/α-hetero) is 1. The number of hydrogen-bond acceptors (Lipinski definition) is 9. The summed E-state index contributed by atoms with van der Waals surface area (Å²) in [6.07, 6.45) is 6.90. The van der Waals surface area contributed by atoms with Crippen LogP contribution < -0.4 is 0 Å². The van der Waals surface area contributed by atoms with E-state index in [0.29, 0.717) is 19.3 Å². The number of allylic oxidation sites excluding steroid dienone is 4. The molecular formula is C30H35ClO9. The fourth-order valence-corrected chi connectivity index (χ4v) is 8.93. The Morgan fingerprint density at radius 2 is 1.95 bits per heavy atom. The molecule has 1 N–H and O–H groups in total. The van der Waals surface area contributed by atoms with Gasteiger partial charge in [-0.3, -0.25) is 9.59 Å². The topological polar surface area (TPSA) is 129 Å². The Balaban J connectivity index is 1.58. The standard InChI is InChI=1S/C30H35ClO9/c1-17-12-21-20-8-7-18-13-19(32)9-10-27(18,2)29(20,31)23(33)14-28(21,3)30(17,24(34)15-39-25(35)16-37-4)40-26(36)22-6-5-11-38-22/h5-6,9-11,13,17,20-21,23,33H,7-8,12,14-16H2,1-4H3/t17-,20?,21?,23?,27?,28?,29+,30+/m1/s1. The van der Waals surface area contributed by atoms with Crippen molar-refractivity contribution in [2.24, 2.45) is 28.6 Å². The summed E-state index contributed by atoms with van der Waals surface area (Å²) in [5, 5.41) is 11.9. The molecule has 40 heavy (non-hydrogen) atoms. The SMILES string of the molecule is COCC(=O)OCC(=O)[C@@]1(OC(=O)c2ccco2)[C@H](C)CC2C3CCC4=CC(=O)C=CC4(C)[C@@]3(Cl)C(O)CC21C. The maximum atomic E-state index is 14.1. The summed E-state index contributed by atoms with van der Waals surface area (Å²) in [6.45, 7) is 4.70. The summed E-state index contributed by atoms with van der Waals surface area (Å²) < 4.78 is 21.4. The first-order valence-corrected chi connectivity index (χ1v) is 14.0. The number of carbonyl (C=O) groups excluding carboxylic acids is 4. The van der Waals surface area contributed by atoms with Gasteiger partial charge in [0.2, 0.25) is 11.5 Å². The van der Waals surface area contributed by atoms with Crippen LogP contribution in [-0.4, -0.2) is 65.5 Å². The third kappa shape index (κ3) is 3.88. The third-order valence-electron chi connectivity index (χ3n) is 10.2. The van der Waals surface area contributed by atoms with Crippen molar-refractivity contribution in [2.45, 2.75) is 63.0 Å². The molecule has 5 rings (SSSR count). The molecule has 4 aliphatic rings. The molecule has 0 bridgehead atoms. The van der Waals surface area contributed by atoms with Crippen LogP contribution in [0.15, 0.2) is 46.6 Å². The molecule has 10 heteroatoms. The lowest BCUT2D eigenvalue weighted by Gasteiger charge is -2.64. The van der Waals surface area contributed by atoms with Gasteiger partial charge in [0, 0.05) is 23.9 Å². The van der Waals surface area contributed by atoms with Crippen molar-refractivity contribution >= 4 is 35.1 Å². The molecule has 4 aliphatic carbocycles. The summed E-state index contributed by atoms with van der Waals surface area (Å²) in [5.74, 6) is -3.27. The number of aliphatic hydroxyl groups is 1. The molecule has 3 fully saturated rings. The van der Waals surface area contributed by atoms with E-state index < -0.39 is 57.7 Å². The molecule has 1 aromatic heterocycles. The van der Waals surface area contributed by atoms with Crippen LogP contribution in [0.3, 0.4) is 0 Å². The van der Waals surface area contributed by atoms with Gasteiger partial charge in [-0.15, -0.1) is 11.6 Å². The molecule has 0 aliphatic heterocycles. The monoisotopic (exact) mass is 574 g/mol. The highest BCUT2D eigenvalue weighted by Gasteiger charge is 2.76. The number of hydrogen-bond donors (Lipinski definition) is 1. The minimum Gasteiger partial charge on any atom is -0.457 e. The van der Waals surface area contributed by atoms with Crippen molar-refractivity contribution in [1.82, 2.24) is 0 Å². The van der Waals surface area contributed by atoms with E-state index in [1.54, 1.807) is 18.2 Å². The zero-order valence-electron chi connectivity index (χ0n) is 23.1. The fraction of sp³-hybridized carbons (Fsp3) is 0.600. The molecule has 9 nitrogen and oxygen atoms in total. The molecule has 1 heterocycles. The van der Waals surface area contributed by atoms with Gasteiger partial charge in [-0.2, -0.15) is 0 Å². The smallest absolute Gasteiger partial charge is 0.375 e. The van der Waals surface area contributed by atoms with Crippen molar-refractivity contribution in [3.8, 4) is 0 Å². The first-order chi connectivity index (χ1) is 18.8. The number of carbonyl (C=O) groups is 4. The molecule has 8 atom stereocenters. The number of ketones is 2. The Morgan fingerprint density at radius 3 is 2.62 bits per heavy atom. The molecule has 0 amide bonds. The first kappa shape index (κ1) is 28.8.